The maximum atomic E-state index is 13.0. The van der Waals surface area contributed by atoms with Gasteiger partial charge < -0.3 is 5.32 Å². The normalized spacial score (nSPS) is 20.5. The number of likely N-dealkylation sites (tertiary alicyclic amines) is 1. The zero-order chi connectivity index (χ0) is 14.4. The Labute approximate surface area is 122 Å². The van der Waals surface area contributed by atoms with E-state index in [9.17, 15) is 4.39 Å². The van der Waals surface area contributed by atoms with Crippen molar-refractivity contribution in [3.8, 4) is 0 Å². The maximum absolute atomic E-state index is 13.0. The quantitative estimate of drug-likeness (QED) is 0.857. The number of benzene rings is 1. The number of hydrogen-bond donors (Lipinski definition) is 1. The Kier molecular flexibility index (Phi) is 5.99. The van der Waals surface area contributed by atoms with Crippen LogP contribution in [0.25, 0.3) is 0 Å². The molecule has 1 aliphatic heterocycles. The lowest BCUT2D eigenvalue weighted by Crippen LogP contribution is -2.45. The molecule has 1 aromatic carbocycles. The first kappa shape index (κ1) is 15.5. The summed E-state index contributed by atoms with van der Waals surface area (Å²) in [5.74, 6) is 0.548. The second-order valence-corrected chi connectivity index (χ2v) is 6.30. The molecule has 0 radical (unpaired) electrons. The number of piperidine rings is 1. The minimum atomic E-state index is -0.150. The molecule has 3 heteroatoms. The molecule has 1 aliphatic rings. The molecule has 0 bridgehead atoms. The van der Waals surface area contributed by atoms with Crippen LogP contribution in [-0.4, -0.2) is 30.6 Å². The SMILES string of the molecule is CC(C)CNCC1CCCCN1Cc1ccc(F)cc1. The zero-order valence-electron chi connectivity index (χ0n) is 12.7. The van der Waals surface area contributed by atoms with Crippen LogP contribution in [-0.2, 0) is 6.54 Å². The van der Waals surface area contributed by atoms with Gasteiger partial charge in [-0.05, 0) is 49.5 Å². The number of hydrogen-bond acceptors (Lipinski definition) is 2. The van der Waals surface area contributed by atoms with Gasteiger partial charge in [-0.3, -0.25) is 4.90 Å². The van der Waals surface area contributed by atoms with Gasteiger partial charge in [-0.1, -0.05) is 32.4 Å². The van der Waals surface area contributed by atoms with Gasteiger partial charge in [-0.25, -0.2) is 4.39 Å². The van der Waals surface area contributed by atoms with Gasteiger partial charge in [-0.15, -0.1) is 0 Å². The predicted molar refractivity (Wildman–Crippen MR) is 82.2 cm³/mol. The van der Waals surface area contributed by atoms with E-state index in [2.05, 4.69) is 24.1 Å². The molecule has 112 valence electrons. The van der Waals surface area contributed by atoms with Gasteiger partial charge >= 0.3 is 0 Å². The number of nitrogens with one attached hydrogen (secondary N) is 1. The van der Waals surface area contributed by atoms with E-state index in [-0.39, 0.29) is 5.82 Å². The van der Waals surface area contributed by atoms with E-state index >= 15 is 0 Å². The second-order valence-electron chi connectivity index (χ2n) is 6.30. The Bertz CT molecular complexity index is 388. The largest absolute Gasteiger partial charge is 0.315 e. The van der Waals surface area contributed by atoms with Gasteiger partial charge in [-0.2, -0.15) is 0 Å². The summed E-state index contributed by atoms with van der Waals surface area (Å²) in [6, 6.07) is 7.55. The highest BCUT2D eigenvalue weighted by molar-refractivity contribution is 5.16. The Hall–Kier alpha value is -0.930. The average Bonchev–Trinajstić information content (AvgIpc) is 2.43. The van der Waals surface area contributed by atoms with Crippen molar-refractivity contribution in [2.75, 3.05) is 19.6 Å². The van der Waals surface area contributed by atoms with Crippen LogP contribution >= 0.6 is 0 Å². The lowest BCUT2D eigenvalue weighted by atomic mass is 10.0. The highest BCUT2D eigenvalue weighted by Gasteiger charge is 2.22. The third-order valence-corrected chi connectivity index (χ3v) is 3.98. The van der Waals surface area contributed by atoms with E-state index in [0.717, 1.165) is 26.2 Å². The smallest absolute Gasteiger partial charge is 0.123 e. The van der Waals surface area contributed by atoms with Crippen LogP contribution in [0, 0.1) is 11.7 Å². The molecule has 1 saturated heterocycles. The monoisotopic (exact) mass is 278 g/mol. The van der Waals surface area contributed by atoms with E-state index in [1.54, 1.807) is 12.1 Å². The van der Waals surface area contributed by atoms with Crippen molar-refractivity contribution in [3.63, 3.8) is 0 Å². The molecule has 1 unspecified atom stereocenters. The molecule has 1 fully saturated rings. The summed E-state index contributed by atoms with van der Waals surface area (Å²) in [6.07, 6.45) is 3.88. The van der Waals surface area contributed by atoms with E-state index in [1.165, 1.54) is 24.8 Å². The zero-order valence-corrected chi connectivity index (χ0v) is 12.7. The van der Waals surface area contributed by atoms with Crippen LogP contribution in [0.5, 0.6) is 0 Å². The molecule has 0 saturated carbocycles. The Balaban J connectivity index is 1.87. The third kappa shape index (κ3) is 4.88. The summed E-state index contributed by atoms with van der Waals surface area (Å²) in [7, 11) is 0. The fourth-order valence-electron chi connectivity index (χ4n) is 2.86. The fourth-order valence-corrected chi connectivity index (χ4v) is 2.86. The Morgan fingerprint density at radius 3 is 2.70 bits per heavy atom. The number of rotatable bonds is 6. The van der Waals surface area contributed by atoms with Gasteiger partial charge in [0.1, 0.15) is 5.82 Å². The summed E-state index contributed by atoms with van der Waals surface area (Å²) >= 11 is 0. The van der Waals surface area contributed by atoms with Crippen molar-refractivity contribution < 1.29 is 4.39 Å². The summed E-state index contributed by atoms with van der Waals surface area (Å²) in [5.41, 5.74) is 1.21. The van der Waals surface area contributed by atoms with Crippen LogP contribution in [0.2, 0.25) is 0 Å². The minimum absolute atomic E-state index is 0.150. The lowest BCUT2D eigenvalue weighted by molar-refractivity contribution is 0.137. The van der Waals surface area contributed by atoms with Crippen LogP contribution in [0.15, 0.2) is 24.3 Å². The minimum Gasteiger partial charge on any atom is -0.315 e. The van der Waals surface area contributed by atoms with Gasteiger partial charge in [0.2, 0.25) is 0 Å². The first-order chi connectivity index (χ1) is 9.65. The molecule has 0 amide bonds. The molecule has 1 N–H and O–H groups in total. The summed E-state index contributed by atoms with van der Waals surface area (Å²) in [6.45, 7) is 8.73. The van der Waals surface area contributed by atoms with Crippen LogP contribution < -0.4 is 5.32 Å². The lowest BCUT2D eigenvalue weighted by Gasteiger charge is -2.36. The number of halogens is 1. The maximum Gasteiger partial charge on any atom is 0.123 e. The molecule has 0 aliphatic carbocycles. The van der Waals surface area contributed by atoms with Crippen molar-refractivity contribution in [2.24, 2.45) is 5.92 Å². The van der Waals surface area contributed by atoms with E-state index in [1.807, 2.05) is 12.1 Å². The van der Waals surface area contributed by atoms with Crippen LogP contribution in [0.1, 0.15) is 38.7 Å². The molecule has 1 heterocycles. The molecule has 1 aromatic rings. The Morgan fingerprint density at radius 1 is 1.25 bits per heavy atom. The molecule has 0 spiro atoms. The van der Waals surface area contributed by atoms with Crippen LogP contribution in [0.4, 0.5) is 4.39 Å². The van der Waals surface area contributed by atoms with Gasteiger partial charge in [0, 0.05) is 19.1 Å². The highest BCUT2D eigenvalue weighted by atomic mass is 19.1. The molecule has 0 aromatic heterocycles. The molecule has 2 rings (SSSR count). The van der Waals surface area contributed by atoms with E-state index in [0.29, 0.717) is 12.0 Å². The summed E-state index contributed by atoms with van der Waals surface area (Å²) in [5, 5.41) is 3.58. The van der Waals surface area contributed by atoms with Crippen LogP contribution in [0.3, 0.4) is 0 Å². The third-order valence-electron chi connectivity index (χ3n) is 3.98. The van der Waals surface area contributed by atoms with E-state index in [4.69, 9.17) is 0 Å². The first-order valence-electron chi connectivity index (χ1n) is 7.84. The van der Waals surface area contributed by atoms with Gasteiger partial charge in [0.15, 0.2) is 0 Å². The topological polar surface area (TPSA) is 15.3 Å². The second kappa shape index (κ2) is 7.75. The van der Waals surface area contributed by atoms with Crippen molar-refractivity contribution in [2.45, 2.75) is 45.7 Å². The van der Waals surface area contributed by atoms with Crippen molar-refractivity contribution in [1.29, 1.82) is 0 Å². The Morgan fingerprint density at radius 2 is 2.00 bits per heavy atom. The summed E-state index contributed by atoms with van der Waals surface area (Å²) < 4.78 is 13.0. The van der Waals surface area contributed by atoms with Gasteiger partial charge in [0.05, 0.1) is 0 Å². The standard InChI is InChI=1S/C17H27FN2/c1-14(2)11-19-12-17-5-3-4-10-20(17)13-15-6-8-16(18)9-7-15/h6-9,14,17,19H,3-5,10-13H2,1-2H3. The molecule has 20 heavy (non-hydrogen) atoms. The molecular weight excluding hydrogens is 251 g/mol. The fraction of sp³-hybridized carbons (Fsp3) is 0.647. The van der Waals surface area contributed by atoms with Crippen molar-refractivity contribution in [1.82, 2.24) is 10.2 Å². The summed E-state index contributed by atoms with van der Waals surface area (Å²) in [4.78, 5) is 2.55. The average molecular weight is 278 g/mol. The predicted octanol–water partition coefficient (Wildman–Crippen LogP) is 3.43. The first-order valence-corrected chi connectivity index (χ1v) is 7.84. The molecule has 1 atom stereocenters. The molecular formula is C17H27FN2. The number of nitrogens with zero attached hydrogens (tertiary/aromatic N) is 1. The van der Waals surface area contributed by atoms with Crippen molar-refractivity contribution in [3.05, 3.63) is 35.6 Å². The molecule has 2 nitrogen and oxygen atoms in total. The van der Waals surface area contributed by atoms with Crippen molar-refractivity contribution >= 4 is 0 Å². The van der Waals surface area contributed by atoms with E-state index < -0.39 is 0 Å². The highest BCUT2D eigenvalue weighted by Crippen LogP contribution is 2.19. The van der Waals surface area contributed by atoms with Gasteiger partial charge in [0.25, 0.3) is 0 Å².